The molecule has 2 fully saturated rings. The molecule has 1 aromatic carbocycles. The lowest BCUT2D eigenvalue weighted by atomic mass is 10.0. The van der Waals surface area contributed by atoms with E-state index in [1.165, 1.54) is 24.9 Å². The Labute approximate surface area is 107 Å². The van der Waals surface area contributed by atoms with E-state index in [-0.39, 0.29) is 0 Å². The molecule has 3 rings (SSSR count). The van der Waals surface area contributed by atoms with Crippen LogP contribution in [0.2, 0.25) is 0 Å². The maximum Gasteiger partial charge on any atom is 0.335 e. The van der Waals surface area contributed by atoms with E-state index in [1.807, 2.05) is 13.0 Å². The highest BCUT2D eigenvalue weighted by Gasteiger charge is 2.36. The zero-order valence-corrected chi connectivity index (χ0v) is 10.7. The molecule has 2 unspecified atom stereocenters. The number of rotatable bonds is 2. The third kappa shape index (κ3) is 1.88. The molecule has 2 atom stereocenters. The summed E-state index contributed by atoms with van der Waals surface area (Å²) in [7, 11) is 0. The summed E-state index contributed by atoms with van der Waals surface area (Å²) in [6, 6.07) is 5.48. The lowest BCUT2D eigenvalue weighted by Crippen LogP contribution is -2.21. The van der Waals surface area contributed by atoms with Crippen LogP contribution in [0.4, 0.5) is 5.69 Å². The maximum atomic E-state index is 10.9. The first-order valence-corrected chi connectivity index (χ1v) is 6.74. The van der Waals surface area contributed by atoms with Gasteiger partial charge in [0.05, 0.1) is 5.56 Å². The normalized spacial score (nSPS) is 26.4. The topological polar surface area (TPSA) is 40.5 Å². The number of aryl methyl sites for hydroxylation is 1. The molecule has 0 aromatic heterocycles. The minimum absolute atomic E-state index is 0.385. The van der Waals surface area contributed by atoms with Gasteiger partial charge in [-0.1, -0.05) is 6.42 Å². The van der Waals surface area contributed by atoms with Crippen molar-refractivity contribution in [1.82, 2.24) is 0 Å². The lowest BCUT2D eigenvalue weighted by Gasteiger charge is -2.22. The summed E-state index contributed by atoms with van der Waals surface area (Å²) >= 11 is 0. The van der Waals surface area contributed by atoms with E-state index < -0.39 is 5.97 Å². The third-order valence-electron chi connectivity index (χ3n) is 4.51. The molecular weight excluding hydrogens is 226 g/mol. The van der Waals surface area contributed by atoms with Gasteiger partial charge in [0.1, 0.15) is 0 Å². The van der Waals surface area contributed by atoms with Crippen LogP contribution in [0, 0.1) is 18.8 Å². The number of fused-ring (bicyclic) bond motifs is 1. The fourth-order valence-electron chi connectivity index (χ4n) is 3.58. The fourth-order valence-corrected chi connectivity index (χ4v) is 3.58. The SMILES string of the molecule is Cc1cc(C(=O)O)ccc1N1CC2CCCC2C1. The number of carboxylic acid groups (broad SMARTS) is 1. The molecule has 3 heteroatoms. The summed E-state index contributed by atoms with van der Waals surface area (Å²) in [6.07, 6.45) is 4.13. The molecule has 0 bridgehead atoms. The highest BCUT2D eigenvalue weighted by Crippen LogP contribution is 2.40. The second kappa shape index (κ2) is 4.30. The van der Waals surface area contributed by atoms with Crippen molar-refractivity contribution in [2.75, 3.05) is 18.0 Å². The number of carbonyl (C=O) groups is 1. The van der Waals surface area contributed by atoms with Crippen LogP contribution in [-0.4, -0.2) is 24.2 Å². The Bertz CT molecular complexity index is 471. The molecule has 1 aliphatic carbocycles. The van der Waals surface area contributed by atoms with Crippen LogP contribution in [0.15, 0.2) is 18.2 Å². The fraction of sp³-hybridized carbons (Fsp3) is 0.533. The Morgan fingerprint density at radius 3 is 2.50 bits per heavy atom. The Morgan fingerprint density at radius 2 is 1.94 bits per heavy atom. The maximum absolute atomic E-state index is 10.9. The van der Waals surface area contributed by atoms with Gasteiger partial charge in [-0.25, -0.2) is 4.79 Å². The van der Waals surface area contributed by atoms with E-state index in [9.17, 15) is 4.79 Å². The summed E-state index contributed by atoms with van der Waals surface area (Å²) in [5.41, 5.74) is 2.68. The van der Waals surface area contributed by atoms with E-state index in [0.717, 1.165) is 30.5 Å². The second-order valence-electron chi connectivity index (χ2n) is 5.66. The van der Waals surface area contributed by atoms with Crippen molar-refractivity contribution >= 4 is 11.7 Å². The van der Waals surface area contributed by atoms with Crippen molar-refractivity contribution in [3.63, 3.8) is 0 Å². The third-order valence-corrected chi connectivity index (χ3v) is 4.51. The standard InChI is InChI=1S/C15H19NO2/c1-10-7-11(15(17)18)5-6-14(10)16-8-12-3-2-4-13(12)9-16/h5-7,12-13H,2-4,8-9H2,1H3,(H,17,18). The zero-order valence-electron chi connectivity index (χ0n) is 10.7. The van der Waals surface area contributed by atoms with Crippen molar-refractivity contribution in [3.8, 4) is 0 Å². The molecule has 1 N–H and O–H groups in total. The molecule has 1 aliphatic heterocycles. The van der Waals surface area contributed by atoms with E-state index in [2.05, 4.69) is 4.90 Å². The van der Waals surface area contributed by atoms with Gasteiger partial charge in [0.2, 0.25) is 0 Å². The molecule has 1 aromatic rings. The number of hydrogen-bond donors (Lipinski definition) is 1. The Balaban J connectivity index is 1.83. The van der Waals surface area contributed by atoms with Crippen molar-refractivity contribution in [3.05, 3.63) is 29.3 Å². The molecule has 18 heavy (non-hydrogen) atoms. The Kier molecular flexibility index (Phi) is 2.77. The minimum Gasteiger partial charge on any atom is -0.478 e. The quantitative estimate of drug-likeness (QED) is 0.871. The molecule has 0 radical (unpaired) electrons. The molecular formula is C15H19NO2. The van der Waals surface area contributed by atoms with Gasteiger partial charge in [-0.15, -0.1) is 0 Å². The first-order valence-electron chi connectivity index (χ1n) is 6.74. The number of benzene rings is 1. The van der Waals surface area contributed by atoms with E-state index in [1.54, 1.807) is 12.1 Å². The molecule has 1 heterocycles. The zero-order chi connectivity index (χ0) is 12.7. The molecule has 0 amide bonds. The lowest BCUT2D eigenvalue weighted by molar-refractivity contribution is 0.0697. The van der Waals surface area contributed by atoms with Crippen molar-refractivity contribution in [2.45, 2.75) is 26.2 Å². The van der Waals surface area contributed by atoms with Gasteiger partial charge < -0.3 is 10.0 Å². The molecule has 0 spiro atoms. The predicted octanol–water partition coefficient (Wildman–Crippen LogP) is 2.93. The first kappa shape index (κ1) is 11.6. The summed E-state index contributed by atoms with van der Waals surface area (Å²) in [6.45, 7) is 4.31. The van der Waals surface area contributed by atoms with E-state index in [4.69, 9.17) is 5.11 Å². The van der Waals surface area contributed by atoms with Crippen molar-refractivity contribution < 1.29 is 9.90 Å². The number of aromatic carboxylic acids is 1. The van der Waals surface area contributed by atoms with Crippen LogP contribution < -0.4 is 4.90 Å². The molecule has 3 nitrogen and oxygen atoms in total. The van der Waals surface area contributed by atoms with E-state index in [0.29, 0.717) is 5.56 Å². The monoisotopic (exact) mass is 245 g/mol. The van der Waals surface area contributed by atoms with Gasteiger partial charge in [-0.05, 0) is 55.4 Å². The second-order valence-corrected chi connectivity index (χ2v) is 5.66. The number of nitrogens with zero attached hydrogens (tertiary/aromatic N) is 1. The average molecular weight is 245 g/mol. The summed E-state index contributed by atoms with van der Waals surface area (Å²) in [5.74, 6) is 0.884. The van der Waals surface area contributed by atoms with Gasteiger partial charge in [-0.2, -0.15) is 0 Å². The molecule has 2 aliphatic rings. The van der Waals surface area contributed by atoms with E-state index >= 15 is 0 Å². The predicted molar refractivity (Wildman–Crippen MR) is 71.2 cm³/mol. The molecule has 1 saturated heterocycles. The first-order chi connectivity index (χ1) is 8.65. The largest absolute Gasteiger partial charge is 0.478 e. The summed E-state index contributed by atoms with van der Waals surface area (Å²) in [5, 5.41) is 8.98. The highest BCUT2D eigenvalue weighted by atomic mass is 16.4. The van der Waals surface area contributed by atoms with Crippen LogP contribution >= 0.6 is 0 Å². The van der Waals surface area contributed by atoms with Crippen molar-refractivity contribution in [1.29, 1.82) is 0 Å². The van der Waals surface area contributed by atoms with Gasteiger partial charge >= 0.3 is 5.97 Å². The van der Waals surface area contributed by atoms with Crippen LogP contribution in [0.3, 0.4) is 0 Å². The Morgan fingerprint density at radius 1 is 1.28 bits per heavy atom. The van der Waals surface area contributed by atoms with Gasteiger partial charge in [0.15, 0.2) is 0 Å². The molecule has 1 saturated carbocycles. The minimum atomic E-state index is -0.844. The summed E-state index contributed by atoms with van der Waals surface area (Å²) in [4.78, 5) is 13.4. The summed E-state index contributed by atoms with van der Waals surface area (Å²) < 4.78 is 0. The van der Waals surface area contributed by atoms with Gasteiger partial charge in [0.25, 0.3) is 0 Å². The van der Waals surface area contributed by atoms with Gasteiger partial charge in [-0.3, -0.25) is 0 Å². The van der Waals surface area contributed by atoms with Gasteiger partial charge in [0, 0.05) is 18.8 Å². The number of carboxylic acids is 1. The number of anilines is 1. The average Bonchev–Trinajstić information content (AvgIpc) is 2.88. The highest BCUT2D eigenvalue weighted by molar-refractivity contribution is 5.88. The van der Waals surface area contributed by atoms with Crippen LogP contribution in [0.25, 0.3) is 0 Å². The van der Waals surface area contributed by atoms with Crippen molar-refractivity contribution in [2.24, 2.45) is 11.8 Å². The van der Waals surface area contributed by atoms with Crippen LogP contribution in [0.5, 0.6) is 0 Å². The van der Waals surface area contributed by atoms with Crippen LogP contribution in [0.1, 0.15) is 35.2 Å². The Hall–Kier alpha value is -1.51. The smallest absolute Gasteiger partial charge is 0.335 e. The molecule has 96 valence electrons. The number of hydrogen-bond acceptors (Lipinski definition) is 2. The van der Waals surface area contributed by atoms with Crippen LogP contribution in [-0.2, 0) is 0 Å².